The van der Waals surface area contributed by atoms with Crippen LogP contribution < -0.4 is 15.8 Å². The molecule has 1 unspecified atom stereocenters. The van der Waals surface area contributed by atoms with Crippen LogP contribution in [-0.2, 0) is 7.05 Å². The molecule has 1 fully saturated rings. The van der Waals surface area contributed by atoms with Crippen molar-refractivity contribution in [1.29, 1.82) is 0 Å². The van der Waals surface area contributed by atoms with E-state index >= 15 is 0 Å². The lowest BCUT2D eigenvalue weighted by Crippen LogP contribution is -2.45. The standard InChI is InChI=1S/C18H22N6OS/c1-11-10-26-17-14(11)15(20-12(2)21-17)22-13-5-4-7-24(9-13)16-18(25)23(3)8-6-19-16/h6,8,10,13H,4-5,7,9H2,1-3H3,(H,20,21,22). The van der Waals surface area contributed by atoms with E-state index in [0.29, 0.717) is 5.82 Å². The Morgan fingerprint density at radius 2 is 2.15 bits per heavy atom. The molecular weight excluding hydrogens is 348 g/mol. The number of nitrogens with one attached hydrogen (secondary N) is 1. The Hall–Kier alpha value is -2.48. The highest BCUT2D eigenvalue weighted by atomic mass is 32.1. The van der Waals surface area contributed by atoms with Crippen molar-refractivity contribution >= 4 is 33.2 Å². The van der Waals surface area contributed by atoms with Crippen LogP contribution in [0.5, 0.6) is 0 Å². The van der Waals surface area contributed by atoms with Crippen molar-refractivity contribution in [3.05, 3.63) is 39.5 Å². The zero-order chi connectivity index (χ0) is 18.3. The number of fused-ring (bicyclic) bond motifs is 1. The number of rotatable bonds is 3. The van der Waals surface area contributed by atoms with Crippen molar-refractivity contribution in [3.63, 3.8) is 0 Å². The van der Waals surface area contributed by atoms with Crippen molar-refractivity contribution in [2.45, 2.75) is 32.7 Å². The molecule has 0 amide bonds. The predicted molar refractivity (Wildman–Crippen MR) is 105 cm³/mol. The fraction of sp³-hybridized carbons (Fsp3) is 0.444. The molecule has 0 spiro atoms. The molecule has 3 aromatic heterocycles. The van der Waals surface area contributed by atoms with Gasteiger partial charge in [0.1, 0.15) is 16.5 Å². The number of piperidine rings is 1. The topological polar surface area (TPSA) is 75.9 Å². The summed E-state index contributed by atoms with van der Waals surface area (Å²) < 4.78 is 1.57. The monoisotopic (exact) mass is 370 g/mol. The van der Waals surface area contributed by atoms with Gasteiger partial charge in [0.2, 0.25) is 0 Å². The zero-order valence-electron chi connectivity index (χ0n) is 15.2. The largest absolute Gasteiger partial charge is 0.365 e. The Bertz CT molecular complexity index is 1010. The van der Waals surface area contributed by atoms with E-state index in [0.717, 1.165) is 47.8 Å². The molecule has 1 aliphatic rings. The Morgan fingerprint density at radius 3 is 3.00 bits per heavy atom. The summed E-state index contributed by atoms with van der Waals surface area (Å²) in [6, 6.07) is 0.215. The fourth-order valence-corrected chi connectivity index (χ4v) is 4.44. The van der Waals surface area contributed by atoms with Gasteiger partial charge in [-0.2, -0.15) is 0 Å². The maximum Gasteiger partial charge on any atom is 0.293 e. The molecule has 7 nitrogen and oxygen atoms in total. The van der Waals surface area contributed by atoms with Crippen LogP contribution in [0.4, 0.5) is 11.6 Å². The van der Waals surface area contributed by atoms with Gasteiger partial charge in [-0.1, -0.05) is 0 Å². The Labute approximate surface area is 155 Å². The zero-order valence-corrected chi connectivity index (χ0v) is 16.0. The summed E-state index contributed by atoms with van der Waals surface area (Å²) >= 11 is 1.65. The highest BCUT2D eigenvalue weighted by molar-refractivity contribution is 7.17. The number of aryl methyl sites for hydroxylation is 3. The lowest BCUT2D eigenvalue weighted by Gasteiger charge is -2.34. The molecule has 136 valence electrons. The van der Waals surface area contributed by atoms with Crippen LogP contribution >= 0.6 is 11.3 Å². The molecule has 1 atom stereocenters. The normalized spacial score (nSPS) is 17.7. The molecule has 8 heteroatoms. The Morgan fingerprint density at radius 1 is 1.31 bits per heavy atom. The molecule has 4 rings (SSSR count). The minimum Gasteiger partial charge on any atom is -0.365 e. The number of aromatic nitrogens is 4. The SMILES string of the molecule is Cc1nc(NC2CCCN(c3nccn(C)c3=O)C2)c2c(C)csc2n1. The van der Waals surface area contributed by atoms with Crippen LogP contribution in [0.25, 0.3) is 10.2 Å². The molecule has 0 radical (unpaired) electrons. The van der Waals surface area contributed by atoms with Gasteiger partial charge in [0.05, 0.1) is 5.39 Å². The van der Waals surface area contributed by atoms with E-state index in [4.69, 9.17) is 0 Å². The first-order valence-electron chi connectivity index (χ1n) is 8.78. The molecule has 0 aromatic carbocycles. The van der Waals surface area contributed by atoms with E-state index in [1.807, 2.05) is 6.92 Å². The first kappa shape index (κ1) is 17.0. The second-order valence-corrected chi connectivity index (χ2v) is 7.67. The molecule has 0 saturated carbocycles. The molecule has 0 bridgehead atoms. The van der Waals surface area contributed by atoms with Gasteiger partial charge in [-0.05, 0) is 37.6 Å². The summed E-state index contributed by atoms with van der Waals surface area (Å²) in [5.74, 6) is 2.19. The number of hydrogen-bond donors (Lipinski definition) is 1. The van der Waals surface area contributed by atoms with Crippen molar-refractivity contribution in [3.8, 4) is 0 Å². The molecule has 1 saturated heterocycles. The molecular formula is C18H22N6OS. The van der Waals surface area contributed by atoms with Gasteiger partial charge in [-0.15, -0.1) is 11.3 Å². The first-order valence-corrected chi connectivity index (χ1v) is 9.66. The second-order valence-electron chi connectivity index (χ2n) is 6.81. The number of hydrogen-bond acceptors (Lipinski definition) is 7. The van der Waals surface area contributed by atoms with Gasteiger partial charge in [0.25, 0.3) is 5.56 Å². The molecule has 3 aromatic rings. The van der Waals surface area contributed by atoms with Crippen molar-refractivity contribution < 1.29 is 0 Å². The fourth-order valence-electron chi connectivity index (χ4n) is 3.48. The van der Waals surface area contributed by atoms with E-state index in [9.17, 15) is 4.79 Å². The van der Waals surface area contributed by atoms with Crippen molar-refractivity contribution in [2.75, 3.05) is 23.3 Å². The van der Waals surface area contributed by atoms with Gasteiger partial charge in [-0.3, -0.25) is 4.79 Å². The minimum absolute atomic E-state index is 0.0536. The van der Waals surface area contributed by atoms with Crippen LogP contribution in [0, 0.1) is 13.8 Å². The third-order valence-electron chi connectivity index (χ3n) is 4.79. The number of anilines is 2. The van der Waals surface area contributed by atoms with E-state index in [2.05, 4.69) is 37.5 Å². The maximum atomic E-state index is 12.4. The number of thiophene rings is 1. The Balaban J connectivity index is 1.61. The van der Waals surface area contributed by atoms with Gasteiger partial charge >= 0.3 is 0 Å². The van der Waals surface area contributed by atoms with E-state index in [1.54, 1.807) is 35.3 Å². The average Bonchev–Trinajstić information content (AvgIpc) is 2.98. The smallest absolute Gasteiger partial charge is 0.293 e. The highest BCUT2D eigenvalue weighted by Crippen LogP contribution is 2.30. The summed E-state index contributed by atoms with van der Waals surface area (Å²) in [4.78, 5) is 29.0. The average molecular weight is 370 g/mol. The van der Waals surface area contributed by atoms with E-state index < -0.39 is 0 Å². The minimum atomic E-state index is -0.0536. The highest BCUT2D eigenvalue weighted by Gasteiger charge is 2.24. The van der Waals surface area contributed by atoms with Gasteiger partial charge in [0, 0.05) is 38.6 Å². The van der Waals surface area contributed by atoms with Crippen LogP contribution in [0.1, 0.15) is 24.2 Å². The molecule has 26 heavy (non-hydrogen) atoms. The van der Waals surface area contributed by atoms with E-state index in [1.165, 1.54) is 5.56 Å². The third-order valence-corrected chi connectivity index (χ3v) is 5.78. The molecule has 1 aliphatic heterocycles. The van der Waals surface area contributed by atoms with Gasteiger partial charge in [0.15, 0.2) is 5.82 Å². The van der Waals surface area contributed by atoms with Crippen LogP contribution in [0.15, 0.2) is 22.6 Å². The number of nitrogens with zero attached hydrogens (tertiary/aromatic N) is 5. The molecule has 1 N–H and O–H groups in total. The predicted octanol–water partition coefficient (Wildman–Crippen LogP) is 2.48. The van der Waals surface area contributed by atoms with Crippen LogP contribution in [0.2, 0.25) is 0 Å². The summed E-state index contributed by atoms with van der Waals surface area (Å²) in [5.41, 5.74) is 1.14. The summed E-state index contributed by atoms with van der Waals surface area (Å²) in [6.07, 6.45) is 5.41. The van der Waals surface area contributed by atoms with Crippen LogP contribution in [0.3, 0.4) is 0 Å². The van der Waals surface area contributed by atoms with Crippen molar-refractivity contribution in [2.24, 2.45) is 7.05 Å². The molecule has 4 heterocycles. The first-order chi connectivity index (χ1) is 12.5. The summed E-state index contributed by atoms with van der Waals surface area (Å²) in [5, 5.41) is 6.83. The molecule has 0 aliphatic carbocycles. The van der Waals surface area contributed by atoms with Gasteiger partial charge < -0.3 is 14.8 Å². The quantitative estimate of drug-likeness (QED) is 0.763. The lowest BCUT2D eigenvalue weighted by atomic mass is 10.1. The third kappa shape index (κ3) is 3.05. The maximum absolute atomic E-state index is 12.4. The Kier molecular flexibility index (Phi) is 4.36. The summed E-state index contributed by atoms with van der Waals surface area (Å²) in [7, 11) is 1.76. The summed E-state index contributed by atoms with van der Waals surface area (Å²) in [6.45, 7) is 5.60. The van der Waals surface area contributed by atoms with Gasteiger partial charge in [-0.25, -0.2) is 15.0 Å². The van der Waals surface area contributed by atoms with Crippen LogP contribution in [-0.4, -0.2) is 38.7 Å². The second kappa shape index (κ2) is 6.68. The lowest BCUT2D eigenvalue weighted by molar-refractivity contribution is 0.523. The van der Waals surface area contributed by atoms with Crippen molar-refractivity contribution in [1.82, 2.24) is 19.5 Å². The van der Waals surface area contributed by atoms with E-state index in [-0.39, 0.29) is 11.6 Å².